The van der Waals surface area contributed by atoms with Crippen molar-refractivity contribution in [3.05, 3.63) is 59.4 Å². The van der Waals surface area contributed by atoms with Gasteiger partial charge in [0.05, 0.1) is 25.7 Å². The number of nitriles is 1. The number of rotatable bonds is 10. The molecule has 2 aromatic carbocycles. The Kier molecular flexibility index (Phi) is 7.53. The summed E-state index contributed by atoms with van der Waals surface area (Å²) in [4.78, 5) is 15.1. The Hall–Kier alpha value is -2.91. The maximum atomic E-state index is 13.2. The van der Waals surface area contributed by atoms with Crippen LogP contribution in [-0.4, -0.2) is 44.5 Å². The summed E-state index contributed by atoms with van der Waals surface area (Å²) in [5, 5.41) is 10.3. The minimum atomic E-state index is -0.504. The molecule has 1 saturated carbocycles. The fourth-order valence-electron chi connectivity index (χ4n) is 5.34. The number of hydrogen-bond acceptors (Lipinski definition) is 5. The van der Waals surface area contributed by atoms with E-state index < -0.39 is 5.41 Å². The van der Waals surface area contributed by atoms with Gasteiger partial charge in [-0.3, -0.25) is 4.79 Å². The van der Waals surface area contributed by atoms with Crippen LogP contribution in [0, 0.1) is 29.0 Å². The molecule has 2 aromatic rings. The van der Waals surface area contributed by atoms with Gasteiger partial charge in [-0.05, 0) is 106 Å². The topological polar surface area (TPSA) is 62.6 Å². The molecule has 4 rings (SSSR count). The highest BCUT2D eigenvalue weighted by Gasteiger charge is 2.47. The minimum absolute atomic E-state index is 0.00172. The van der Waals surface area contributed by atoms with Gasteiger partial charge in [0.2, 0.25) is 0 Å². The fraction of sp³-hybridized carbons (Fsp3) is 0.500. The maximum absolute atomic E-state index is 13.2. The third-order valence-electron chi connectivity index (χ3n) is 7.51. The summed E-state index contributed by atoms with van der Waals surface area (Å²) in [6.45, 7) is 2.66. The molecule has 0 radical (unpaired) electrons. The zero-order valence-electron chi connectivity index (χ0n) is 20.1. The second-order valence-corrected chi connectivity index (χ2v) is 9.52. The van der Waals surface area contributed by atoms with Crippen molar-refractivity contribution >= 4 is 5.78 Å². The summed E-state index contributed by atoms with van der Waals surface area (Å²) in [5.74, 6) is 1.51. The fourth-order valence-corrected chi connectivity index (χ4v) is 5.34. The minimum Gasteiger partial charge on any atom is -0.493 e. The summed E-state index contributed by atoms with van der Waals surface area (Å²) in [6, 6.07) is 14.4. The van der Waals surface area contributed by atoms with Crippen molar-refractivity contribution < 1.29 is 18.7 Å². The number of benzene rings is 2. The molecule has 0 aromatic heterocycles. The molecule has 0 spiro atoms. The van der Waals surface area contributed by atoms with Crippen LogP contribution in [0.2, 0.25) is 0 Å². The Bertz CT molecular complexity index is 1040. The lowest BCUT2D eigenvalue weighted by molar-refractivity contribution is 0.0837. The number of ketones is 1. The van der Waals surface area contributed by atoms with Gasteiger partial charge in [0.15, 0.2) is 17.3 Å². The molecule has 1 unspecified atom stereocenters. The van der Waals surface area contributed by atoms with Crippen LogP contribution < -0.4 is 9.47 Å². The maximum Gasteiger partial charge on any atom is 0.166 e. The lowest BCUT2D eigenvalue weighted by Gasteiger charge is -2.33. The number of likely N-dealkylation sites (tertiary alicyclic amines) is 1. The highest BCUT2D eigenvalue weighted by Crippen LogP contribution is 2.51. The first kappa shape index (κ1) is 24.2. The van der Waals surface area contributed by atoms with Crippen molar-refractivity contribution in [3.8, 4) is 17.6 Å². The molecule has 5 nitrogen and oxygen atoms in total. The zero-order valence-corrected chi connectivity index (χ0v) is 20.1. The summed E-state index contributed by atoms with van der Waals surface area (Å²) in [6.07, 6.45) is 5.53. The average molecular weight is 465 g/mol. The molecule has 2 aliphatic rings. The standard InChI is InChI=1S/C28H33FN2O3/c1-33-25-11-8-23(18-26(25)34-2)28(19-30,22-6-7-22)14-3-15-31-16-12-21(13-17-31)27(32)20-4-9-24(29)10-5-20/h4-5,8-11,18,21-22H,3,6-7,12-17H2,1-2H3. The van der Waals surface area contributed by atoms with Gasteiger partial charge in [-0.1, -0.05) is 6.07 Å². The van der Waals surface area contributed by atoms with E-state index in [0.29, 0.717) is 23.0 Å². The number of carbonyl (C=O) groups excluding carboxylic acids is 1. The quantitative estimate of drug-likeness (QED) is 0.441. The molecular weight excluding hydrogens is 431 g/mol. The number of Topliss-reactive ketones (excluding diaryl/α,β-unsaturated/α-hetero) is 1. The van der Waals surface area contributed by atoms with Gasteiger partial charge in [-0.2, -0.15) is 5.26 Å². The van der Waals surface area contributed by atoms with Crippen LogP contribution in [0.15, 0.2) is 42.5 Å². The predicted molar refractivity (Wildman–Crippen MR) is 129 cm³/mol. The SMILES string of the molecule is COc1ccc(C(C#N)(CCCN2CCC(C(=O)c3ccc(F)cc3)CC2)C2CC2)cc1OC. The predicted octanol–water partition coefficient (Wildman–Crippen LogP) is 5.39. The number of methoxy groups -OCH3 is 2. The van der Waals surface area contributed by atoms with Gasteiger partial charge >= 0.3 is 0 Å². The van der Waals surface area contributed by atoms with E-state index in [1.165, 1.54) is 12.1 Å². The number of halogens is 1. The molecular formula is C28H33FN2O3. The molecule has 1 aliphatic heterocycles. The van der Waals surface area contributed by atoms with E-state index in [1.54, 1.807) is 26.4 Å². The first-order valence-corrected chi connectivity index (χ1v) is 12.2. The van der Waals surface area contributed by atoms with Crippen LogP contribution in [-0.2, 0) is 5.41 Å². The molecule has 180 valence electrons. The molecule has 6 heteroatoms. The van der Waals surface area contributed by atoms with Crippen molar-refractivity contribution in [1.29, 1.82) is 5.26 Å². The second-order valence-electron chi connectivity index (χ2n) is 9.52. The first-order valence-electron chi connectivity index (χ1n) is 12.2. The molecule has 1 heterocycles. The number of nitrogens with zero attached hydrogens (tertiary/aromatic N) is 2. The Morgan fingerprint density at radius 3 is 2.32 bits per heavy atom. The third-order valence-corrected chi connectivity index (χ3v) is 7.51. The number of ether oxygens (including phenoxy) is 2. The van der Waals surface area contributed by atoms with E-state index >= 15 is 0 Å². The van der Waals surface area contributed by atoms with Crippen LogP contribution in [0.4, 0.5) is 4.39 Å². The van der Waals surface area contributed by atoms with Crippen molar-refractivity contribution in [2.45, 2.75) is 43.9 Å². The Balaban J connectivity index is 1.34. The molecule has 34 heavy (non-hydrogen) atoms. The first-order chi connectivity index (χ1) is 16.5. The van der Waals surface area contributed by atoms with Crippen molar-refractivity contribution in [2.24, 2.45) is 11.8 Å². The van der Waals surface area contributed by atoms with E-state index in [4.69, 9.17) is 9.47 Å². The summed E-state index contributed by atoms with van der Waals surface area (Å²) in [7, 11) is 3.24. The van der Waals surface area contributed by atoms with Gasteiger partial charge in [-0.15, -0.1) is 0 Å². The number of carbonyl (C=O) groups is 1. The van der Waals surface area contributed by atoms with Crippen LogP contribution in [0.1, 0.15) is 54.4 Å². The van der Waals surface area contributed by atoms with E-state index in [9.17, 15) is 14.4 Å². The summed E-state index contributed by atoms with van der Waals surface area (Å²) in [5.41, 5.74) is 1.10. The van der Waals surface area contributed by atoms with E-state index in [2.05, 4.69) is 11.0 Å². The molecule has 0 bridgehead atoms. The zero-order chi connectivity index (χ0) is 24.1. The van der Waals surface area contributed by atoms with Crippen LogP contribution in [0.5, 0.6) is 11.5 Å². The van der Waals surface area contributed by atoms with Crippen molar-refractivity contribution in [2.75, 3.05) is 33.9 Å². The third kappa shape index (κ3) is 5.10. The average Bonchev–Trinajstić information content (AvgIpc) is 3.73. The van der Waals surface area contributed by atoms with Crippen LogP contribution in [0.3, 0.4) is 0 Å². The molecule has 2 fully saturated rings. The Labute approximate surface area is 201 Å². The number of hydrogen-bond donors (Lipinski definition) is 0. The summed E-state index contributed by atoms with van der Waals surface area (Å²) < 4.78 is 24.0. The van der Waals surface area contributed by atoms with Gasteiger partial charge < -0.3 is 14.4 Å². The molecule has 1 atom stereocenters. The molecule has 1 aliphatic carbocycles. The summed E-state index contributed by atoms with van der Waals surface area (Å²) >= 11 is 0. The number of piperidine rings is 1. The normalized spacial score (nSPS) is 18.6. The molecule has 0 amide bonds. The monoisotopic (exact) mass is 464 g/mol. The van der Waals surface area contributed by atoms with Crippen molar-refractivity contribution in [1.82, 2.24) is 4.90 Å². The lowest BCUT2D eigenvalue weighted by atomic mass is 9.73. The molecule has 1 saturated heterocycles. The Morgan fingerprint density at radius 2 is 1.74 bits per heavy atom. The van der Waals surface area contributed by atoms with Gasteiger partial charge in [0, 0.05) is 11.5 Å². The smallest absolute Gasteiger partial charge is 0.166 e. The van der Waals surface area contributed by atoms with Crippen LogP contribution in [0.25, 0.3) is 0 Å². The van der Waals surface area contributed by atoms with Gasteiger partial charge in [0.1, 0.15) is 5.82 Å². The van der Waals surface area contributed by atoms with E-state index in [-0.39, 0.29) is 17.5 Å². The molecule has 0 N–H and O–H groups in total. The highest BCUT2D eigenvalue weighted by atomic mass is 19.1. The van der Waals surface area contributed by atoms with Crippen LogP contribution >= 0.6 is 0 Å². The highest BCUT2D eigenvalue weighted by molar-refractivity contribution is 5.97. The Morgan fingerprint density at radius 1 is 1.06 bits per heavy atom. The van der Waals surface area contributed by atoms with E-state index in [1.807, 2.05) is 18.2 Å². The van der Waals surface area contributed by atoms with E-state index in [0.717, 1.165) is 63.7 Å². The largest absolute Gasteiger partial charge is 0.493 e. The van der Waals surface area contributed by atoms with Crippen molar-refractivity contribution in [3.63, 3.8) is 0 Å². The van der Waals surface area contributed by atoms with Gasteiger partial charge in [-0.25, -0.2) is 4.39 Å². The van der Waals surface area contributed by atoms with Gasteiger partial charge in [0.25, 0.3) is 0 Å². The second kappa shape index (κ2) is 10.6. The lowest BCUT2D eigenvalue weighted by Crippen LogP contribution is -2.37.